The number of hydrogen-bond donors (Lipinski definition) is 3. The van der Waals surface area contributed by atoms with E-state index in [1.54, 1.807) is 31.4 Å². The summed E-state index contributed by atoms with van der Waals surface area (Å²) in [6, 6.07) is 12.6. The van der Waals surface area contributed by atoms with E-state index in [0.717, 1.165) is 43.3 Å². The van der Waals surface area contributed by atoms with Gasteiger partial charge in [-0.05, 0) is 37.4 Å². The third-order valence-electron chi connectivity index (χ3n) is 5.61. The number of ether oxygens (including phenoxy) is 1. The fourth-order valence-electron chi connectivity index (χ4n) is 3.74. The number of benzene rings is 2. The van der Waals surface area contributed by atoms with Crippen LogP contribution < -0.4 is 26.0 Å². The summed E-state index contributed by atoms with van der Waals surface area (Å²) in [7, 11) is 3.78. The van der Waals surface area contributed by atoms with Gasteiger partial charge in [0.05, 0.1) is 30.6 Å². The molecule has 4 N–H and O–H groups in total. The van der Waals surface area contributed by atoms with Crippen LogP contribution in [0, 0.1) is 6.57 Å². The van der Waals surface area contributed by atoms with Gasteiger partial charge < -0.3 is 30.9 Å². The minimum Gasteiger partial charge on any atom is -0.495 e. The van der Waals surface area contributed by atoms with Crippen molar-refractivity contribution < 1.29 is 9.53 Å². The minimum absolute atomic E-state index is 0.220. The molecule has 0 aliphatic carbocycles. The minimum atomic E-state index is -0.575. The number of nitrogens with one attached hydrogen (secondary N) is 2. The second kappa shape index (κ2) is 10.1. The maximum Gasteiger partial charge on any atom is 0.250 e. The lowest BCUT2D eigenvalue weighted by Gasteiger charge is -2.34. The molecule has 174 valence electrons. The predicted molar refractivity (Wildman–Crippen MR) is 133 cm³/mol. The van der Waals surface area contributed by atoms with Crippen molar-refractivity contribution in [2.75, 3.05) is 55.9 Å². The molecule has 34 heavy (non-hydrogen) atoms. The molecule has 0 spiro atoms. The van der Waals surface area contributed by atoms with Crippen molar-refractivity contribution in [3.05, 3.63) is 65.6 Å². The molecule has 10 nitrogen and oxygen atoms in total. The summed E-state index contributed by atoms with van der Waals surface area (Å²) in [6.45, 7) is 11.2. The lowest BCUT2D eigenvalue weighted by molar-refractivity contribution is 0.100. The molecule has 1 saturated heterocycles. The van der Waals surface area contributed by atoms with Crippen LogP contribution in [0.15, 0.2) is 48.7 Å². The summed E-state index contributed by atoms with van der Waals surface area (Å²) in [4.78, 5) is 28.6. The maximum absolute atomic E-state index is 11.8. The van der Waals surface area contributed by atoms with Crippen molar-refractivity contribution in [3.8, 4) is 5.75 Å². The highest BCUT2D eigenvalue weighted by molar-refractivity contribution is 5.99. The molecule has 0 bridgehead atoms. The Kier molecular flexibility index (Phi) is 6.75. The van der Waals surface area contributed by atoms with Gasteiger partial charge >= 0.3 is 0 Å². The van der Waals surface area contributed by atoms with E-state index >= 15 is 0 Å². The third kappa shape index (κ3) is 5.00. The van der Waals surface area contributed by atoms with E-state index in [1.807, 2.05) is 18.2 Å². The van der Waals surface area contributed by atoms with Gasteiger partial charge in [0.15, 0.2) is 0 Å². The lowest BCUT2D eigenvalue weighted by atomic mass is 10.1. The Hall–Kier alpha value is -4.36. The fraction of sp³-hybridized carbons (Fsp3) is 0.250. The summed E-state index contributed by atoms with van der Waals surface area (Å²) in [5.74, 6) is 0.800. The molecule has 1 aliphatic heterocycles. The van der Waals surface area contributed by atoms with E-state index in [9.17, 15) is 4.79 Å². The monoisotopic (exact) mass is 458 g/mol. The number of likely N-dealkylation sites (N-methyl/N-ethyl adjacent to an activating group) is 1. The number of nitrogens with two attached hydrogens (primary N) is 1. The number of amides is 1. The Morgan fingerprint density at radius 3 is 2.62 bits per heavy atom. The third-order valence-corrected chi connectivity index (χ3v) is 5.61. The van der Waals surface area contributed by atoms with E-state index in [-0.39, 0.29) is 11.5 Å². The van der Waals surface area contributed by atoms with Gasteiger partial charge in [-0.15, -0.1) is 0 Å². The Bertz CT molecular complexity index is 1230. The van der Waals surface area contributed by atoms with Gasteiger partial charge in [-0.3, -0.25) is 4.79 Å². The smallest absolute Gasteiger partial charge is 0.250 e. The number of piperazine rings is 1. The van der Waals surface area contributed by atoms with Crippen molar-refractivity contribution in [3.63, 3.8) is 0 Å². The number of carbonyl (C=O) groups is 1. The highest BCUT2D eigenvalue weighted by Crippen LogP contribution is 2.34. The Balaban J connectivity index is 1.61. The summed E-state index contributed by atoms with van der Waals surface area (Å²) < 4.78 is 5.58. The fourth-order valence-corrected chi connectivity index (χ4v) is 3.74. The molecule has 4 rings (SSSR count). The average molecular weight is 459 g/mol. The molecule has 1 amide bonds. The average Bonchev–Trinajstić information content (AvgIpc) is 2.85. The number of para-hydroxylation sites is 1. The largest absolute Gasteiger partial charge is 0.495 e. The first kappa shape index (κ1) is 22.8. The van der Waals surface area contributed by atoms with Gasteiger partial charge in [0.25, 0.3) is 5.91 Å². The molecular formula is C24H26N8O2. The van der Waals surface area contributed by atoms with Crippen LogP contribution in [0.1, 0.15) is 10.4 Å². The molecule has 1 aliphatic rings. The molecule has 0 saturated carbocycles. The number of primary amides is 1. The second-order valence-electron chi connectivity index (χ2n) is 7.88. The number of rotatable bonds is 7. The van der Waals surface area contributed by atoms with Gasteiger partial charge in [0, 0.05) is 38.1 Å². The molecular weight excluding hydrogens is 432 g/mol. The molecule has 2 heterocycles. The van der Waals surface area contributed by atoms with Crippen LogP contribution in [0.2, 0.25) is 0 Å². The zero-order valence-corrected chi connectivity index (χ0v) is 19.1. The van der Waals surface area contributed by atoms with E-state index in [0.29, 0.717) is 17.2 Å². The highest BCUT2D eigenvalue weighted by atomic mass is 16.5. The Labute approximate surface area is 198 Å². The first-order valence-electron chi connectivity index (χ1n) is 10.8. The van der Waals surface area contributed by atoms with Gasteiger partial charge in [-0.2, -0.15) is 0 Å². The van der Waals surface area contributed by atoms with Gasteiger partial charge in [0.1, 0.15) is 11.6 Å². The normalized spacial score (nSPS) is 13.7. The molecule has 2 aromatic carbocycles. The lowest BCUT2D eigenvalue weighted by Crippen LogP contribution is -2.44. The first-order valence-corrected chi connectivity index (χ1v) is 10.8. The van der Waals surface area contributed by atoms with Crippen LogP contribution in [0.5, 0.6) is 5.75 Å². The second-order valence-corrected chi connectivity index (χ2v) is 7.88. The van der Waals surface area contributed by atoms with Crippen molar-refractivity contribution >= 4 is 40.4 Å². The SMILES string of the molecule is [C-]#[N+]c1cnc(Nc2ccc(OC)c(N3CCN(C)CC3)c2)nc1Nc1ccccc1C(N)=O. The molecule has 0 unspecified atom stereocenters. The van der Waals surface area contributed by atoms with Crippen LogP contribution in [-0.4, -0.2) is 61.1 Å². The van der Waals surface area contributed by atoms with Crippen molar-refractivity contribution in [2.24, 2.45) is 5.73 Å². The number of methoxy groups -OCH3 is 1. The zero-order chi connectivity index (χ0) is 24.1. The van der Waals surface area contributed by atoms with Crippen molar-refractivity contribution in [1.29, 1.82) is 0 Å². The number of nitrogens with zero attached hydrogens (tertiary/aromatic N) is 5. The van der Waals surface area contributed by atoms with Crippen LogP contribution in [0.4, 0.5) is 34.5 Å². The summed E-state index contributed by atoms with van der Waals surface area (Å²) in [6.07, 6.45) is 1.43. The van der Waals surface area contributed by atoms with Crippen LogP contribution >= 0.6 is 0 Å². The maximum atomic E-state index is 11.8. The summed E-state index contributed by atoms with van der Waals surface area (Å²) in [5, 5.41) is 6.26. The van der Waals surface area contributed by atoms with E-state index in [4.69, 9.17) is 17.0 Å². The van der Waals surface area contributed by atoms with Crippen LogP contribution in [-0.2, 0) is 0 Å². The number of anilines is 5. The highest BCUT2D eigenvalue weighted by Gasteiger charge is 2.19. The van der Waals surface area contributed by atoms with Crippen LogP contribution in [0.3, 0.4) is 0 Å². The Morgan fingerprint density at radius 2 is 1.91 bits per heavy atom. The van der Waals surface area contributed by atoms with Crippen LogP contribution in [0.25, 0.3) is 4.85 Å². The van der Waals surface area contributed by atoms with Crippen molar-refractivity contribution in [2.45, 2.75) is 0 Å². The number of aromatic nitrogens is 2. The summed E-state index contributed by atoms with van der Waals surface area (Å²) in [5.41, 5.74) is 8.24. The molecule has 0 radical (unpaired) electrons. The molecule has 10 heteroatoms. The topological polar surface area (TPSA) is 113 Å². The molecule has 0 atom stereocenters. The molecule has 3 aromatic rings. The van der Waals surface area contributed by atoms with Gasteiger partial charge in [0.2, 0.25) is 11.6 Å². The number of hydrogen-bond acceptors (Lipinski definition) is 8. The molecule has 1 aromatic heterocycles. The van der Waals surface area contributed by atoms with E-state index in [1.165, 1.54) is 6.20 Å². The van der Waals surface area contributed by atoms with Crippen molar-refractivity contribution in [1.82, 2.24) is 14.9 Å². The standard InChI is InChI=1S/C24H26N8O2/c1-26-19-15-27-24(30-23(19)29-18-7-5-4-6-17(18)22(25)33)28-16-8-9-21(34-3)20(14-16)32-12-10-31(2)11-13-32/h4-9,14-15H,10-13H2,2-3H3,(H2,25,33)(H2,27,28,29,30). The quantitative estimate of drug-likeness (QED) is 0.462. The molecule has 1 fully saturated rings. The van der Waals surface area contributed by atoms with Gasteiger partial charge in [-0.25, -0.2) is 14.8 Å². The van der Waals surface area contributed by atoms with E-state index in [2.05, 4.69) is 42.3 Å². The Morgan fingerprint density at radius 1 is 1.15 bits per heavy atom. The predicted octanol–water partition coefficient (Wildman–Crippen LogP) is 3.37. The van der Waals surface area contributed by atoms with Gasteiger partial charge in [-0.1, -0.05) is 12.1 Å². The van der Waals surface area contributed by atoms with E-state index < -0.39 is 5.91 Å². The number of carbonyl (C=O) groups excluding carboxylic acids is 1. The first-order chi connectivity index (χ1) is 16.5. The zero-order valence-electron chi connectivity index (χ0n) is 19.1. The summed E-state index contributed by atoms with van der Waals surface area (Å²) >= 11 is 0.